The van der Waals surface area contributed by atoms with Gasteiger partial charge in [-0.05, 0) is 46.4 Å². The lowest BCUT2D eigenvalue weighted by atomic mass is 9.84. The van der Waals surface area contributed by atoms with Crippen molar-refractivity contribution in [2.24, 2.45) is 14.1 Å². The molecule has 3 rings (SSSR count). The highest BCUT2D eigenvalue weighted by atomic mass is 16.6. The molecule has 0 unspecified atom stereocenters. The van der Waals surface area contributed by atoms with Crippen molar-refractivity contribution in [1.82, 2.24) is 18.7 Å². The van der Waals surface area contributed by atoms with Crippen molar-refractivity contribution in [3.05, 3.63) is 65.3 Å². The van der Waals surface area contributed by atoms with Gasteiger partial charge in [0, 0.05) is 14.1 Å². The molecular formula is C20H25N5O4. The van der Waals surface area contributed by atoms with Crippen LogP contribution in [0, 0.1) is 24.0 Å². The molecule has 9 heteroatoms. The highest BCUT2D eigenvalue weighted by Gasteiger charge is 2.29. The maximum absolute atomic E-state index is 12.5. The quantitative estimate of drug-likeness (QED) is 0.496. The summed E-state index contributed by atoms with van der Waals surface area (Å²) in [6.45, 7) is 10.4. The average Bonchev–Trinajstić information content (AvgIpc) is 3.00. The summed E-state index contributed by atoms with van der Waals surface area (Å²) in [5.74, 6) is -0.461. The molecule has 9 nitrogen and oxygen atoms in total. The first-order valence-electron chi connectivity index (χ1n) is 9.25. The largest absolute Gasteiger partial charge is 0.437 e. The predicted molar refractivity (Wildman–Crippen MR) is 111 cm³/mol. The molecule has 0 saturated heterocycles. The van der Waals surface area contributed by atoms with Gasteiger partial charge in [-0.2, -0.15) is 0 Å². The number of nitrogens with zero attached hydrogens (tertiary/aromatic N) is 5. The van der Waals surface area contributed by atoms with Crippen molar-refractivity contribution in [3.63, 3.8) is 0 Å². The van der Waals surface area contributed by atoms with E-state index in [2.05, 4.69) is 37.9 Å². The van der Waals surface area contributed by atoms with Gasteiger partial charge in [0.2, 0.25) is 5.65 Å². The van der Waals surface area contributed by atoms with Gasteiger partial charge in [0.15, 0.2) is 0 Å². The topological polar surface area (TPSA) is 105 Å². The van der Waals surface area contributed by atoms with E-state index in [-0.39, 0.29) is 23.1 Å². The van der Waals surface area contributed by atoms with Crippen molar-refractivity contribution in [2.45, 2.75) is 46.6 Å². The third-order valence-corrected chi connectivity index (χ3v) is 5.36. The minimum atomic E-state index is -0.651. The van der Waals surface area contributed by atoms with Crippen molar-refractivity contribution in [2.75, 3.05) is 0 Å². The van der Waals surface area contributed by atoms with Crippen LogP contribution < -0.4 is 11.2 Å². The molecule has 0 N–H and O–H groups in total. The Hall–Kier alpha value is -3.23. The smallest absolute Gasteiger partial charge is 0.390 e. The van der Waals surface area contributed by atoms with Gasteiger partial charge in [-0.15, -0.1) is 0 Å². The van der Waals surface area contributed by atoms with Crippen molar-refractivity contribution < 1.29 is 4.92 Å². The Morgan fingerprint density at radius 3 is 2.10 bits per heavy atom. The Kier molecular flexibility index (Phi) is 4.72. The van der Waals surface area contributed by atoms with E-state index >= 15 is 0 Å². The summed E-state index contributed by atoms with van der Waals surface area (Å²) < 4.78 is 3.47. The first-order valence-corrected chi connectivity index (χ1v) is 9.25. The fourth-order valence-corrected chi connectivity index (χ4v) is 3.60. The molecule has 0 amide bonds. The van der Waals surface area contributed by atoms with E-state index < -0.39 is 22.1 Å². The molecule has 0 aliphatic carbocycles. The molecule has 0 radical (unpaired) electrons. The van der Waals surface area contributed by atoms with Gasteiger partial charge in [-0.25, -0.2) is 9.36 Å². The lowest BCUT2D eigenvalue weighted by molar-refractivity contribution is -0.396. The summed E-state index contributed by atoms with van der Waals surface area (Å²) in [5.41, 5.74) is 2.84. The van der Waals surface area contributed by atoms with Crippen LogP contribution in [0.5, 0.6) is 0 Å². The number of hydrogen-bond acceptors (Lipinski definition) is 5. The SMILES string of the molecule is Cc1cc(C(C)(C)C)cc(C)c1Cn1c([N+](=O)[O-])nc2c(=O)n(C)c(=O)n(C)c21. The number of rotatable bonds is 3. The Morgan fingerprint density at radius 1 is 1.07 bits per heavy atom. The minimum absolute atomic E-state index is 0.0299. The fraction of sp³-hybridized carbons (Fsp3) is 0.450. The van der Waals surface area contributed by atoms with Gasteiger partial charge < -0.3 is 10.1 Å². The standard InChI is InChI=1S/C20H25N5O4/c1-11-8-13(20(3,4)5)9-12(2)14(11)10-24-16-15(21-18(24)25(28)29)17(26)23(7)19(27)22(16)6/h8-9H,10H2,1-7H3. The molecule has 0 aliphatic rings. The summed E-state index contributed by atoms with van der Waals surface area (Å²) in [6.07, 6.45) is 0. The van der Waals surface area contributed by atoms with Gasteiger partial charge in [-0.1, -0.05) is 37.9 Å². The zero-order valence-corrected chi connectivity index (χ0v) is 17.7. The highest BCUT2D eigenvalue weighted by molar-refractivity contribution is 5.73. The molecule has 29 heavy (non-hydrogen) atoms. The van der Waals surface area contributed by atoms with E-state index in [1.807, 2.05) is 13.8 Å². The molecule has 0 bridgehead atoms. The Labute approximate surface area is 167 Å². The summed E-state index contributed by atoms with van der Waals surface area (Å²) in [5, 5.41) is 11.7. The molecular weight excluding hydrogens is 374 g/mol. The van der Waals surface area contributed by atoms with E-state index in [0.29, 0.717) is 0 Å². The van der Waals surface area contributed by atoms with E-state index in [1.54, 1.807) is 0 Å². The van der Waals surface area contributed by atoms with Crippen LogP contribution in [0.3, 0.4) is 0 Å². The van der Waals surface area contributed by atoms with Gasteiger partial charge in [0.1, 0.15) is 0 Å². The summed E-state index contributed by atoms with van der Waals surface area (Å²) in [6, 6.07) is 4.15. The number of imidazole rings is 1. The van der Waals surface area contributed by atoms with E-state index in [4.69, 9.17) is 0 Å². The maximum atomic E-state index is 12.5. The lowest BCUT2D eigenvalue weighted by Gasteiger charge is -2.22. The zero-order valence-electron chi connectivity index (χ0n) is 17.7. The molecule has 0 saturated carbocycles. The molecule has 0 atom stereocenters. The van der Waals surface area contributed by atoms with E-state index in [1.165, 1.54) is 28.8 Å². The summed E-state index contributed by atoms with van der Waals surface area (Å²) in [4.78, 5) is 39.9. The maximum Gasteiger partial charge on any atom is 0.437 e. The molecule has 0 fully saturated rings. The second-order valence-corrected chi connectivity index (χ2v) is 8.47. The monoisotopic (exact) mass is 399 g/mol. The normalized spacial score (nSPS) is 12.0. The van der Waals surface area contributed by atoms with Crippen LogP contribution in [0.15, 0.2) is 21.7 Å². The second-order valence-electron chi connectivity index (χ2n) is 8.47. The fourth-order valence-electron chi connectivity index (χ4n) is 3.60. The van der Waals surface area contributed by atoms with Crippen molar-refractivity contribution >= 4 is 17.1 Å². The first-order chi connectivity index (χ1) is 13.3. The van der Waals surface area contributed by atoms with E-state index in [9.17, 15) is 19.7 Å². The number of fused-ring (bicyclic) bond motifs is 1. The Bertz CT molecular complexity index is 1250. The van der Waals surface area contributed by atoms with Crippen LogP contribution in [0.1, 0.15) is 43.0 Å². The van der Waals surface area contributed by atoms with Gasteiger partial charge in [-0.3, -0.25) is 13.9 Å². The van der Waals surface area contributed by atoms with Crippen LogP contribution >= 0.6 is 0 Å². The van der Waals surface area contributed by atoms with Gasteiger partial charge in [0.05, 0.1) is 6.54 Å². The van der Waals surface area contributed by atoms with Crippen LogP contribution in [-0.2, 0) is 26.1 Å². The summed E-state index contributed by atoms with van der Waals surface area (Å²) in [7, 11) is 2.81. The van der Waals surface area contributed by atoms with Crippen LogP contribution in [-0.4, -0.2) is 23.6 Å². The third-order valence-electron chi connectivity index (χ3n) is 5.36. The van der Waals surface area contributed by atoms with Crippen LogP contribution in [0.4, 0.5) is 5.95 Å². The van der Waals surface area contributed by atoms with Crippen LogP contribution in [0.25, 0.3) is 11.2 Å². The number of nitro groups is 1. The van der Waals surface area contributed by atoms with E-state index in [0.717, 1.165) is 21.3 Å². The number of aromatic nitrogens is 4. The number of hydrogen-bond donors (Lipinski definition) is 0. The van der Waals surface area contributed by atoms with Crippen molar-refractivity contribution in [3.8, 4) is 0 Å². The Morgan fingerprint density at radius 2 is 1.62 bits per heavy atom. The average molecular weight is 399 g/mol. The number of aryl methyl sites for hydroxylation is 3. The molecule has 2 heterocycles. The second kappa shape index (κ2) is 6.68. The Balaban J connectivity index is 2.32. The highest BCUT2D eigenvalue weighted by Crippen LogP contribution is 2.29. The van der Waals surface area contributed by atoms with Crippen LogP contribution in [0.2, 0.25) is 0 Å². The lowest BCUT2D eigenvalue weighted by Crippen LogP contribution is -2.37. The van der Waals surface area contributed by atoms with Gasteiger partial charge in [0.25, 0.3) is 5.52 Å². The van der Waals surface area contributed by atoms with Gasteiger partial charge >= 0.3 is 17.2 Å². The molecule has 1 aromatic carbocycles. The zero-order chi connectivity index (χ0) is 21.8. The summed E-state index contributed by atoms with van der Waals surface area (Å²) >= 11 is 0. The predicted octanol–water partition coefficient (Wildman–Crippen LogP) is 2.30. The molecule has 3 aromatic rings. The number of benzene rings is 1. The molecule has 0 aliphatic heterocycles. The minimum Gasteiger partial charge on any atom is -0.390 e. The molecule has 2 aromatic heterocycles. The molecule has 154 valence electrons. The third kappa shape index (κ3) is 3.26. The first kappa shape index (κ1) is 20.5. The molecule has 0 spiro atoms. The van der Waals surface area contributed by atoms with Crippen molar-refractivity contribution in [1.29, 1.82) is 0 Å².